The quantitative estimate of drug-likeness (QED) is 0.460. The first-order valence-corrected chi connectivity index (χ1v) is 11.2. The van der Waals surface area contributed by atoms with Crippen LogP contribution in [0.5, 0.6) is 5.75 Å². The fraction of sp³-hybridized carbons (Fsp3) is 0.217. The van der Waals surface area contributed by atoms with E-state index in [1.54, 1.807) is 38.1 Å². The number of benzene rings is 2. The molecule has 0 fully saturated rings. The van der Waals surface area contributed by atoms with Gasteiger partial charge in [0.2, 0.25) is 5.88 Å². The summed E-state index contributed by atoms with van der Waals surface area (Å²) in [6.07, 6.45) is 0. The van der Waals surface area contributed by atoms with Crippen LogP contribution in [0.3, 0.4) is 0 Å². The number of carbonyl (C=O) groups excluding carboxylic acids is 1. The van der Waals surface area contributed by atoms with Crippen LogP contribution in [0.1, 0.15) is 30.9 Å². The fourth-order valence-electron chi connectivity index (χ4n) is 3.31. The molecule has 1 heterocycles. The SMILES string of the molecule is CCOC(=O)C1=C(C)OC(N)=C(C#N)C1c1cc(Br)c(OCc2ccc(F)cc2)c(Br)c1. The zero-order valence-corrected chi connectivity index (χ0v) is 20.4. The van der Waals surface area contributed by atoms with Crippen LogP contribution in [0.2, 0.25) is 0 Å². The Morgan fingerprint density at radius 2 is 1.88 bits per heavy atom. The summed E-state index contributed by atoms with van der Waals surface area (Å²) in [5, 5.41) is 9.71. The monoisotopic (exact) mass is 564 g/mol. The zero-order valence-electron chi connectivity index (χ0n) is 17.2. The molecule has 0 radical (unpaired) electrons. The van der Waals surface area contributed by atoms with Gasteiger partial charge in [0.1, 0.15) is 35.6 Å². The summed E-state index contributed by atoms with van der Waals surface area (Å²) >= 11 is 7.00. The number of esters is 1. The number of ether oxygens (including phenoxy) is 3. The van der Waals surface area contributed by atoms with Crippen molar-refractivity contribution in [3.05, 3.63) is 85.1 Å². The van der Waals surface area contributed by atoms with Gasteiger partial charge >= 0.3 is 5.97 Å². The van der Waals surface area contributed by atoms with Crippen LogP contribution in [0.4, 0.5) is 4.39 Å². The topological polar surface area (TPSA) is 94.6 Å². The van der Waals surface area contributed by atoms with E-state index in [2.05, 4.69) is 31.9 Å². The Bertz CT molecular complexity index is 1130. The van der Waals surface area contributed by atoms with Gasteiger partial charge in [0.05, 0.1) is 27.0 Å². The molecule has 32 heavy (non-hydrogen) atoms. The van der Waals surface area contributed by atoms with Crippen LogP contribution in [-0.4, -0.2) is 12.6 Å². The molecule has 0 spiro atoms. The van der Waals surface area contributed by atoms with Crippen molar-refractivity contribution in [3.63, 3.8) is 0 Å². The van der Waals surface area contributed by atoms with E-state index in [-0.39, 0.29) is 41.8 Å². The van der Waals surface area contributed by atoms with Crippen molar-refractivity contribution >= 4 is 37.8 Å². The molecule has 0 bridgehead atoms. The third-order valence-electron chi connectivity index (χ3n) is 4.75. The summed E-state index contributed by atoms with van der Waals surface area (Å²) in [4.78, 5) is 12.7. The fourth-order valence-corrected chi connectivity index (χ4v) is 4.76. The standard InChI is InChI=1S/C23H19Br2FN2O4/c1-3-30-23(29)19-12(2)32-22(28)16(10-27)20(19)14-8-17(24)21(18(25)9-14)31-11-13-4-6-15(26)7-5-13/h4-9,20H,3,11,28H2,1-2H3. The summed E-state index contributed by atoms with van der Waals surface area (Å²) < 4.78 is 30.8. The van der Waals surface area contributed by atoms with Gasteiger partial charge in [-0.25, -0.2) is 9.18 Å². The van der Waals surface area contributed by atoms with E-state index < -0.39 is 11.9 Å². The van der Waals surface area contributed by atoms with E-state index >= 15 is 0 Å². The molecule has 6 nitrogen and oxygen atoms in total. The molecule has 166 valence electrons. The van der Waals surface area contributed by atoms with Crippen LogP contribution in [0, 0.1) is 17.1 Å². The summed E-state index contributed by atoms with van der Waals surface area (Å²) in [6, 6.07) is 11.5. The van der Waals surface area contributed by atoms with E-state index in [1.165, 1.54) is 12.1 Å². The lowest BCUT2D eigenvalue weighted by Gasteiger charge is -2.27. The molecule has 1 unspecified atom stereocenters. The molecule has 0 amide bonds. The first-order chi connectivity index (χ1) is 15.3. The molecule has 9 heteroatoms. The Morgan fingerprint density at radius 3 is 2.44 bits per heavy atom. The maximum atomic E-state index is 13.1. The number of nitriles is 1. The van der Waals surface area contributed by atoms with E-state index in [1.807, 2.05) is 6.07 Å². The van der Waals surface area contributed by atoms with Crippen molar-refractivity contribution in [2.75, 3.05) is 6.61 Å². The molecule has 0 aromatic heterocycles. The Hall–Kier alpha value is -2.83. The van der Waals surface area contributed by atoms with Gasteiger partial charge in [-0.15, -0.1) is 0 Å². The van der Waals surface area contributed by atoms with E-state index in [0.29, 0.717) is 20.3 Å². The molecule has 0 aliphatic carbocycles. The van der Waals surface area contributed by atoms with Crippen LogP contribution in [0.25, 0.3) is 0 Å². The van der Waals surface area contributed by atoms with Gasteiger partial charge in [0.25, 0.3) is 0 Å². The van der Waals surface area contributed by atoms with Crippen molar-refractivity contribution in [3.8, 4) is 11.8 Å². The second kappa shape index (κ2) is 10.2. The highest BCUT2D eigenvalue weighted by Gasteiger charge is 2.37. The highest BCUT2D eigenvalue weighted by molar-refractivity contribution is 9.11. The minimum atomic E-state index is -0.772. The van der Waals surface area contributed by atoms with Crippen LogP contribution < -0.4 is 10.5 Å². The van der Waals surface area contributed by atoms with Gasteiger partial charge in [-0.3, -0.25) is 0 Å². The van der Waals surface area contributed by atoms with Crippen molar-refractivity contribution in [2.45, 2.75) is 26.4 Å². The van der Waals surface area contributed by atoms with Crippen molar-refractivity contribution in [1.29, 1.82) is 5.26 Å². The summed E-state index contributed by atoms with van der Waals surface area (Å²) in [5.74, 6) is -0.955. The third-order valence-corrected chi connectivity index (χ3v) is 5.93. The minimum Gasteiger partial charge on any atom is -0.487 e. The molecule has 2 aromatic rings. The van der Waals surface area contributed by atoms with Gasteiger partial charge < -0.3 is 19.9 Å². The number of halogens is 3. The first kappa shape index (κ1) is 23.8. The lowest BCUT2D eigenvalue weighted by molar-refractivity contribution is -0.139. The van der Waals surface area contributed by atoms with Crippen LogP contribution in [0.15, 0.2) is 68.1 Å². The minimum absolute atomic E-state index is 0.0630. The number of hydrogen-bond acceptors (Lipinski definition) is 6. The Labute approximate surface area is 201 Å². The zero-order chi connectivity index (χ0) is 23.4. The molecule has 0 saturated heterocycles. The second-order valence-corrected chi connectivity index (χ2v) is 8.55. The summed E-state index contributed by atoms with van der Waals surface area (Å²) in [7, 11) is 0. The molecule has 0 saturated carbocycles. The molecule has 2 aromatic carbocycles. The molecular formula is C23H19Br2FN2O4. The number of allylic oxidation sites excluding steroid dienone is 2. The largest absolute Gasteiger partial charge is 0.487 e. The highest BCUT2D eigenvalue weighted by Crippen LogP contribution is 2.44. The number of nitrogens with zero attached hydrogens (tertiary/aromatic N) is 1. The smallest absolute Gasteiger partial charge is 0.338 e. The normalized spacial score (nSPS) is 15.8. The third kappa shape index (κ3) is 4.97. The maximum Gasteiger partial charge on any atom is 0.338 e. The number of hydrogen-bond donors (Lipinski definition) is 1. The molecule has 2 N–H and O–H groups in total. The first-order valence-electron chi connectivity index (χ1n) is 9.58. The van der Waals surface area contributed by atoms with Crippen LogP contribution in [-0.2, 0) is 20.9 Å². The Morgan fingerprint density at radius 1 is 1.25 bits per heavy atom. The second-order valence-electron chi connectivity index (χ2n) is 6.84. The predicted octanol–water partition coefficient (Wildman–Crippen LogP) is 5.57. The van der Waals surface area contributed by atoms with Gasteiger partial charge in [-0.05, 0) is 81.1 Å². The molecule has 1 atom stereocenters. The van der Waals surface area contributed by atoms with Gasteiger partial charge in [-0.1, -0.05) is 12.1 Å². The number of rotatable bonds is 6. The lowest BCUT2D eigenvalue weighted by atomic mass is 9.83. The van der Waals surface area contributed by atoms with Crippen LogP contribution >= 0.6 is 31.9 Å². The number of carbonyl (C=O) groups is 1. The summed E-state index contributed by atoms with van der Waals surface area (Å²) in [5.41, 5.74) is 7.67. The van der Waals surface area contributed by atoms with Gasteiger partial charge in [-0.2, -0.15) is 5.26 Å². The van der Waals surface area contributed by atoms with Crippen molar-refractivity contribution in [2.24, 2.45) is 5.73 Å². The Balaban J connectivity index is 1.99. The highest BCUT2D eigenvalue weighted by atomic mass is 79.9. The van der Waals surface area contributed by atoms with Crippen molar-refractivity contribution < 1.29 is 23.4 Å². The van der Waals surface area contributed by atoms with E-state index in [9.17, 15) is 14.4 Å². The average molecular weight is 566 g/mol. The van der Waals surface area contributed by atoms with Gasteiger partial charge in [0.15, 0.2) is 0 Å². The molecular weight excluding hydrogens is 547 g/mol. The number of nitrogens with two attached hydrogens (primary N) is 1. The predicted molar refractivity (Wildman–Crippen MR) is 123 cm³/mol. The van der Waals surface area contributed by atoms with E-state index in [4.69, 9.17) is 19.9 Å². The maximum absolute atomic E-state index is 13.1. The van der Waals surface area contributed by atoms with Crippen molar-refractivity contribution in [1.82, 2.24) is 0 Å². The average Bonchev–Trinajstić information content (AvgIpc) is 2.74. The molecule has 1 aliphatic rings. The Kier molecular flexibility index (Phi) is 7.59. The van der Waals surface area contributed by atoms with Gasteiger partial charge in [0, 0.05) is 0 Å². The van der Waals surface area contributed by atoms with E-state index in [0.717, 1.165) is 5.56 Å². The summed E-state index contributed by atoms with van der Waals surface area (Å²) in [6.45, 7) is 3.69. The molecule has 1 aliphatic heterocycles. The molecule has 3 rings (SSSR count). The lowest BCUT2D eigenvalue weighted by Crippen LogP contribution is -2.25.